The second-order valence-corrected chi connectivity index (χ2v) is 9.81. The maximum atomic E-state index is 13.5. The molecule has 6 heteroatoms. The zero-order valence-electron chi connectivity index (χ0n) is 21.9. The summed E-state index contributed by atoms with van der Waals surface area (Å²) in [6.45, 7) is 4.16. The van der Waals surface area contributed by atoms with Crippen LogP contribution in [0.5, 0.6) is 11.5 Å². The molecule has 0 amide bonds. The van der Waals surface area contributed by atoms with Crippen LogP contribution in [0.15, 0.2) is 66.7 Å². The molecule has 0 aliphatic carbocycles. The van der Waals surface area contributed by atoms with E-state index in [0.717, 1.165) is 80.9 Å². The molecule has 0 spiro atoms. The number of nitrogens with one attached hydrogen (secondary N) is 1. The van der Waals surface area contributed by atoms with Gasteiger partial charge in [-0.15, -0.1) is 0 Å². The highest BCUT2D eigenvalue weighted by molar-refractivity contribution is 5.43. The topological polar surface area (TPSA) is 33.7 Å². The molecule has 1 aliphatic heterocycles. The Morgan fingerprint density at radius 1 is 0.838 bits per heavy atom. The van der Waals surface area contributed by atoms with E-state index in [1.807, 2.05) is 36.4 Å². The summed E-state index contributed by atoms with van der Waals surface area (Å²) in [6, 6.07) is 20.1. The average molecular weight is 509 g/mol. The Morgan fingerprint density at radius 3 is 2.00 bits per heavy atom. The van der Waals surface area contributed by atoms with Gasteiger partial charge < -0.3 is 19.7 Å². The van der Waals surface area contributed by atoms with Crippen LogP contribution in [0, 0.1) is 11.6 Å². The number of rotatable bonds is 12. The van der Waals surface area contributed by atoms with Crippen LogP contribution in [-0.2, 0) is 6.42 Å². The molecular formula is C31H38F2N2O2. The smallest absolute Gasteiger partial charge is 0.160 e. The normalized spacial score (nSPS) is 14.7. The van der Waals surface area contributed by atoms with Gasteiger partial charge in [-0.25, -0.2) is 8.78 Å². The van der Waals surface area contributed by atoms with Crippen molar-refractivity contribution in [1.82, 2.24) is 10.2 Å². The molecule has 4 rings (SSSR count). The summed E-state index contributed by atoms with van der Waals surface area (Å²) in [5, 5.41) is 3.72. The molecule has 1 heterocycles. The number of ether oxygens (including phenoxy) is 2. The van der Waals surface area contributed by atoms with Gasteiger partial charge in [0.2, 0.25) is 0 Å². The van der Waals surface area contributed by atoms with Gasteiger partial charge in [0.1, 0.15) is 11.6 Å². The van der Waals surface area contributed by atoms with Crippen molar-refractivity contribution in [3.8, 4) is 11.5 Å². The van der Waals surface area contributed by atoms with E-state index < -0.39 is 0 Å². The predicted octanol–water partition coefficient (Wildman–Crippen LogP) is 6.19. The van der Waals surface area contributed by atoms with Gasteiger partial charge in [0.25, 0.3) is 0 Å². The molecule has 1 saturated heterocycles. The lowest BCUT2D eigenvalue weighted by molar-refractivity contribution is 0.194. The van der Waals surface area contributed by atoms with Gasteiger partial charge in [-0.2, -0.15) is 0 Å². The minimum atomic E-state index is -0.234. The Labute approximate surface area is 219 Å². The number of benzene rings is 3. The van der Waals surface area contributed by atoms with Crippen molar-refractivity contribution >= 4 is 0 Å². The quantitative estimate of drug-likeness (QED) is 0.316. The van der Waals surface area contributed by atoms with Crippen molar-refractivity contribution in [3.05, 3.63) is 95.1 Å². The third-order valence-electron chi connectivity index (χ3n) is 7.39. The van der Waals surface area contributed by atoms with Gasteiger partial charge in [-0.05, 0) is 111 Å². The minimum Gasteiger partial charge on any atom is -0.493 e. The highest BCUT2D eigenvalue weighted by atomic mass is 19.1. The number of hydrogen-bond donors (Lipinski definition) is 1. The lowest BCUT2D eigenvalue weighted by Gasteiger charge is -2.33. The maximum absolute atomic E-state index is 13.5. The molecule has 0 atom stereocenters. The van der Waals surface area contributed by atoms with Crippen molar-refractivity contribution in [2.24, 2.45) is 0 Å². The molecular weight excluding hydrogens is 470 g/mol. The van der Waals surface area contributed by atoms with Crippen LogP contribution in [0.1, 0.15) is 48.3 Å². The number of piperidine rings is 1. The molecule has 37 heavy (non-hydrogen) atoms. The largest absolute Gasteiger partial charge is 0.493 e. The zero-order chi connectivity index (χ0) is 26.0. The summed E-state index contributed by atoms with van der Waals surface area (Å²) in [5.41, 5.74) is 3.38. The predicted molar refractivity (Wildman–Crippen MR) is 145 cm³/mol. The van der Waals surface area contributed by atoms with Crippen LogP contribution in [0.25, 0.3) is 0 Å². The Kier molecular flexibility index (Phi) is 9.92. The van der Waals surface area contributed by atoms with E-state index in [0.29, 0.717) is 6.04 Å². The molecule has 3 aromatic carbocycles. The van der Waals surface area contributed by atoms with Crippen LogP contribution in [-0.4, -0.2) is 51.3 Å². The zero-order valence-corrected chi connectivity index (χ0v) is 21.9. The summed E-state index contributed by atoms with van der Waals surface area (Å²) in [7, 11) is 3.32. The third-order valence-corrected chi connectivity index (χ3v) is 7.39. The molecule has 0 saturated carbocycles. The first kappa shape index (κ1) is 27.1. The third kappa shape index (κ3) is 7.76. The fourth-order valence-electron chi connectivity index (χ4n) is 5.25. The number of methoxy groups -OCH3 is 2. The number of nitrogens with zero attached hydrogens (tertiary/aromatic N) is 1. The van der Waals surface area contributed by atoms with Crippen molar-refractivity contribution < 1.29 is 18.3 Å². The summed E-state index contributed by atoms with van der Waals surface area (Å²) >= 11 is 0. The van der Waals surface area contributed by atoms with Gasteiger partial charge in [0, 0.05) is 12.0 Å². The van der Waals surface area contributed by atoms with Gasteiger partial charge in [0.05, 0.1) is 14.2 Å². The van der Waals surface area contributed by atoms with Crippen LogP contribution in [0.3, 0.4) is 0 Å². The molecule has 0 unspecified atom stereocenters. The lowest BCUT2D eigenvalue weighted by atomic mass is 9.87. The first-order valence-electron chi connectivity index (χ1n) is 13.2. The highest BCUT2D eigenvalue weighted by Gasteiger charge is 2.20. The monoisotopic (exact) mass is 508 g/mol. The van der Waals surface area contributed by atoms with E-state index in [2.05, 4.69) is 16.3 Å². The fourth-order valence-corrected chi connectivity index (χ4v) is 5.25. The average Bonchev–Trinajstić information content (AvgIpc) is 2.93. The summed E-state index contributed by atoms with van der Waals surface area (Å²) < 4.78 is 37.7. The number of halogens is 2. The SMILES string of the molecule is COc1ccc(CCNC2CCN(CCCC(c3ccc(F)cc3)c3ccc(F)cc3)CC2)cc1OC. The molecule has 0 bridgehead atoms. The Bertz CT molecular complexity index is 1050. The molecule has 1 fully saturated rings. The van der Waals surface area contributed by atoms with Crippen molar-refractivity contribution in [2.75, 3.05) is 40.4 Å². The fraction of sp³-hybridized carbons (Fsp3) is 0.419. The van der Waals surface area contributed by atoms with Crippen LogP contribution < -0.4 is 14.8 Å². The summed E-state index contributed by atoms with van der Waals surface area (Å²) in [4.78, 5) is 2.54. The summed E-state index contributed by atoms with van der Waals surface area (Å²) in [5.74, 6) is 1.20. The van der Waals surface area contributed by atoms with Crippen molar-refractivity contribution in [2.45, 2.75) is 44.1 Å². The molecule has 0 radical (unpaired) electrons. The van der Waals surface area contributed by atoms with Gasteiger partial charge >= 0.3 is 0 Å². The van der Waals surface area contributed by atoms with Gasteiger partial charge in [0.15, 0.2) is 11.5 Å². The Balaban J connectivity index is 1.21. The first-order chi connectivity index (χ1) is 18.1. The van der Waals surface area contributed by atoms with Crippen LogP contribution >= 0.6 is 0 Å². The minimum absolute atomic E-state index is 0.136. The van der Waals surface area contributed by atoms with Gasteiger partial charge in [-0.3, -0.25) is 0 Å². The van der Waals surface area contributed by atoms with Crippen molar-refractivity contribution in [3.63, 3.8) is 0 Å². The molecule has 3 aromatic rings. The van der Waals surface area contributed by atoms with E-state index in [1.54, 1.807) is 14.2 Å². The summed E-state index contributed by atoms with van der Waals surface area (Å²) in [6.07, 6.45) is 5.23. The molecule has 0 aromatic heterocycles. The van der Waals surface area contributed by atoms with E-state index in [1.165, 1.54) is 29.8 Å². The standard InChI is InChI=1S/C31H38F2N2O2/c1-36-30-14-5-23(22-31(30)37-2)15-18-34-28-16-20-35(21-17-28)19-3-4-29(24-6-10-26(32)11-7-24)25-8-12-27(33)13-9-25/h5-14,22,28-29,34H,3-4,15-21H2,1-2H3. The lowest BCUT2D eigenvalue weighted by Crippen LogP contribution is -2.43. The molecule has 4 nitrogen and oxygen atoms in total. The van der Waals surface area contributed by atoms with E-state index >= 15 is 0 Å². The van der Waals surface area contributed by atoms with Crippen LogP contribution in [0.2, 0.25) is 0 Å². The number of likely N-dealkylation sites (tertiary alicyclic amines) is 1. The maximum Gasteiger partial charge on any atom is 0.160 e. The van der Waals surface area contributed by atoms with E-state index in [9.17, 15) is 8.78 Å². The van der Waals surface area contributed by atoms with Crippen LogP contribution in [0.4, 0.5) is 8.78 Å². The molecule has 1 N–H and O–H groups in total. The Hall–Kier alpha value is -2.96. The second-order valence-electron chi connectivity index (χ2n) is 9.81. The molecule has 198 valence electrons. The van der Waals surface area contributed by atoms with Crippen molar-refractivity contribution in [1.29, 1.82) is 0 Å². The van der Waals surface area contributed by atoms with E-state index in [4.69, 9.17) is 9.47 Å². The Morgan fingerprint density at radius 2 is 1.43 bits per heavy atom. The first-order valence-corrected chi connectivity index (χ1v) is 13.2. The van der Waals surface area contributed by atoms with Gasteiger partial charge in [-0.1, -0.05) is 30.3 Å². The highest BCUT2D eigenvalue weighted by Crippen LogP contribution is 2.30. The number of hydrogen-bond acceptors (Lipinski definition) is 4. The molecule has 1 aliphatic rings. The second kappa shape index (κ2) is 13.5. The van der Waals surface area contributed by atoms with E-state index in [-0.39, 0.29) is 17.6 Å².